The average molecular weight is 682 g/mol. The monoisotopic (exact) mass is 682 g/mol. The molecular formula is C25H27N4O7Re-3. The Balaban J connectivity index is 0. The number of nitrogens with one attached hydrogen (secondary N) is 3. The second-order valence-corrected chi connectivity index (χ2v) is 7.05. The topological polar surface area (TPSA) is 209 Å². The van der Waals surface area contributed by atoms with Crippen LogP contribution in [0.15, 0.2) is 60.9 Å². The van der Waals surface area contributed by atoms with Crippen molar-refractivity contribution < 1.29 is 60.3 Å². The van der Waals surface area contributed by atoms with Crippen molar-refractivity contribution in [2.45, 2.75) is 24.9 Å². The summed E-state index contributed by atoms with van der Waals surface area (Å²) in [6.07, 6.45) is 4.32. The molecule has 0 spiro atoms. The fourth-order valence-electron chi connectivity index (χ4n) is 3.26. The molecule has 12 heteroatoms. The Hall–Kier alpha value is -3.95. The summed E-state index contributed by atoms with van der Waals surface area (Å²) in [6, 6.07) is 13.8. The molecule has 0 amide bonds. The summed E-state index contributed by atoms with van der Waals surface area (Å²) in [5.74, 6) is -1.94. The number of hydrogen-bond donors (Lipinski definition) is 5. The first-order valence-electron chi connectivity index (χ1n) is 10.2. The maximum absolute atomic E-state index is 10.7. The number of para-hydroxylation sites is 2. The van der Waals surface area contributed by atoms with Gasteiger partial charge in [0.2, 0.25) is 0 Å². The summed E-state index contributed by atoms with van der Waals surface area (Å²) < 4.78 is 0. The summed E-state index contributed by atoms with van der Waals surface area (Å²) in [5.41, 5.74) is 14.9. The van der Waals surface area contributed by atoms with Crippen LogP contribution in [0.2, 0.25) is 0 Å². The van der Waals surface area contributed by atoms with Crippen LogP contribution in [0.25, 0.3) is 27.5 Å². The molecule has 0 aliphatic rings. The van der Waals surface area contributed by atoms with Crippen molar-refractivity contribution in [3.8, 4) is 0 Å². The number of aliphatic carboxylic acids is 2. The van der Waals surface area contributed by atoms with Gasteiger partial charge in [0.05, 0.1) is 0 Å². The first-order valence-corrected chi connectivity index (χ1v) is 10.2. The average Bonchev–Trinajstić information content (AvgIpc) is 3.52. The van der Waals surface area contributed by atoms with E-state index in [-0.39, 0.29) is 26.8 Å². The Morgan fingerprint density at radius 3 is 1.51 bits per heavy atom. The smallest absolute Gasteiger partial charge is 0.362 e. The van der Waals surface area contributed by atoms with E-state index < -0.39 is 24.0 Å². The van der Waals surface area contributed by atoms with Gasteiger partial charge in [-0.3, -0.25) is 25.2 Å². The predicted octanol–water partition coefficient (Wildman–Crippen LogP) is 1.80. The molecule has 0 aliphatic carbocycles. The standard InChI is InChI=1S/C11H12N2O2.C11H11N2O2.3CHO.Re/c2*12-9(11(14)15)5-7-6-13-10-4-2-1-3-8(7)10;3*1-2;/h1-4,6,9,13H,5,12H2,(H,14,15);1-4,6,9,12-13H,5H2,(H,14,15);3*1H;/q;4*-1;/p+1/t2*9-;;;;/m00..../s1. The number of carboxylic acid groups (broad SMARTS) is 2. The fourth-order valence-corrected chi connectivity index (χ4v) is 3.26. The summed E-state index contributed by atoms with van der Waals surface area (Å²) in [5, 5.41) is 19.5. The molecule has 0 aliphatic heterocycles. The number of benzene rings is 2. The van der Waals surface area contributed by atoms with Crippen LogP contribution in [0.5, 0.6) is 0 Å². The van der Waals surface area contributed by atoms with Crippen LogP contribution >= 0.6 is 0 Å². The Morgan fingerprint density at radius 2 is 1.14 bits per heavy atom. The Labute approximate surface area is 226 Å². The maximum atomic E-state index is 10.7. The number of quaternary nitrogens is 1. The summed E-state index contributed by atoms with van der Waals surface area (Å²) in [6.45, 7) is 9.75. The van der Waals surface area contributed by atoms with Crippen molar-refractivity contribution in [2.24, 2.45) is 0 Å². The Bertz CT molecular complexity index is 1130. The molecule has 2 atom stereocenters. The van der Waals surface area contributed by atoms with Crippen molar-refractivity contribution in [2.75, 3.05) is 0 Å². The van der Waals surface area contributed by atoms with E-state index in [0.717, 1.165) is 32.9 Å². The molecular weight excluding hydrogens is 655 g/mol. The van der Waals surface area contributed by atoms with E-state index in [4.69, 9.17) is 30.3 Å². The van der Waals surface area contributed by atoms with Crippen molar-refractivity contribution in [1.29, 1.82) is 0 Å². The molecule has 11 nitrogen and oxygen atoms in total. The molecule has 0 saturated carbocycles. The molecule has 2 aromatic carbocycles. The van der Waals surface area contributed by atoms with Gasteiger partial charge < -0.3 is 46.0 Å². The number of fused-ring (bicyclic) bond motifs is 2. The fraction of sp³-hybridized carbons (Fsp3) is 0.160. The molecule has 0 unspecified atom stereocenters. The quantitative estimate of drug-likeness (QED) is 0.150. The van der Waals surface area contributed by atoms with Crippen molar-refractivity contribution in [1.82, 2.24) is 9.97 Å². The zero-order chi connectivity index (χ0) is 27.7. The third-order valence-electron chi connectivity index (χ3n) is 4.89. The van der Waals surface area contributed by atoms with Crippen LogP contribution < -0.4 is 5.73 Å². The van der Waals surface area contributed by atoms with Crippen LogP contribution in [0.3, 0.4) is 0 Å². The van der Waals surface area contributed by atoms with E-state index in [9.17, 15) is 9.59 Å². The minimum atomic E-state index is -1.09. The zero-order valence-corrected chi connectivity index (χ0v) is 22.3. The second kappa shape index (κ2) is 19.3. The summed E-state index contributed by atoms with van der Waals surface area (Å²) >= 11 is 0. The van der Waals surface area contributed by atoms with Crippen LogP contribution in [0, 0.1) is 0 Å². The predicted molar refractivity (Wildman–Crippen MR) is 134 cm³/mol. The molecule has 4 rings (SSSR count). The number of aromatic nitrogens is 2. The van der Waals surface area contributed by atoms with Crippen LogP contribution in [0.4, 0.5) is 0 Å². The minimum Gasteiger partial charge on any atom is -0.665 e. The molecule has 8 N–H and O–H groups in total. The summed E-state index contributed by atoms with van der Waals surface area (Å²) in [4.78, 5) is 50.7. The number of rotatable bonds is 6. The van der Waals surface area contributed by atoms with Gasteiger partial charge in [-0.15, -0.1) is 0 Å². The molecule has 2 aromatic heterocycles. The number of aromatic amines is 2. The Kier molecular flexibility index (Phi) is 18.3. The molecule has 2 heterocycles. The van der Waals surface area contributed by atoms with E-state index >= 15 is 0 Å². The normalized spacial score (nSPS) is 10.8. The number of carbonyl (C=O) groups is 2. The molecule has 0 saturated heterocycles. The maximum Gasteiger partial charge on any atom is 0.362 e. The third-order valence-corrected chi connectivity index (χ3v) is 4.89. The first-order chi connectivity index (χ1) is 17.4. The summed E-state index contributed by atoms with van der Waals surface area (Å²) in [7, 11) is 0. The zero-order valence-electron chi connectivity index (χ0n) is 19.6. The second-order valence-electron chi connectivity index (χ2n) is 7.05. The van der Waals surface area contributed by atoms with Crippen molar-refractivity contribution >= 4 is 54.1 Å². The number of hydrogen-bond acceptors (Lipinski definition) is 5. The van der Waals surface area contributed by atoms with Crippen LogP contribution in [-0.4, -0.2) is 64.6 Å². The molecule has 0 fully saturated rings. The molecule has 37 heavy (non-hydrogen) atoms. The van der Waals surface area contributed by atoms with Gasteiger partial charge in [-0.25, -0.2) is 4.79 Å². The largest absolute Gasteiger partial charge is 0.665 e. The van der Waals surface area contributed by atoms with Gasteiger partial charge in [-0.05, 0) is 35.7 Å². The van der Waals surface area contributed by atoms with E-state index in [1.807, 2.05) is 54.7 Å². The number of carboxylic acids is 2. The minimum absolute atomic E-state index is 0. The van der Waals surface area contributed by atoms with Gasteiger partial charge in [0.1, 0.15) is 0 Å². The number of carbonyl (C=O) groups excluding carboxylic acids is 3. The molecule has 1 radical (unpaired) electrons. The first kappa shape index (κ1) is 35.2. The van der Waals surface area contributed by atoms with Gasteiger partial charge in [-0.1, -0.05) is 36.4 Å². The van der Waals surface area contributed by atoms with Crippen molar-refractivity contribution in [3.63, 3.8) is 0 Å². The van der Waals surface area contributed by atoms with Gasteiger partial charge in [0, 0.05) is 61.0 Å². The van der Waals surface area contributed by atoms with Crippen molar-refractivity contribution in [3.05, 3.63) is 77.8 Å². The molecule has 4 aromatic rings. The Morgan fingerprint density at radius 1 is 0.757 bits per heavy atom. The number of H-pyrrole nitrogens is 2. The molecule has 0 bridgehead atoms. The van der Waals surface area contributed by atoms with Crippen LogP contribution in [-0.2, 0) is 57.2 Å². The van der Waals surface area contributed by atoms with E-state index in [1.165, 1.54) is 0 Å². The van der Waals surface area contributed by atoms with Gasteiger partial charge in [-0.2, -0.15) is 0 Å². The van der Waals surface area contributed by atoms with E-state index in [1.54, 1.807) is 6.20 Å². The van der Waals surface area contributed by atoms with E-state index in [0.29, 0.717) is 6.42 Å². The van der Waals surface area contributed by atoms with Gasteiger partial charge in [0.15, 0.2) is 6.04 Å². The van der Waals surface area contributed by atoms with E-state index in [2.05, 4.69) is 36.1 Å². The van der Waals surface area contributed by atoms with Crippen LogP contribution in [0.1, 0.15) is 11.1 Å². The van der Waals surface area contributed by atoms with Gasteiger partial charge in [0.25, 0.3) is 5.97 Å². The van der Waals surface area contributed by atoms with Gasteiger partial charge >= 0.3 is 5.97 Å². The molecule has 199 valence electrons. The third kappa shape index (κ3) is 10.7. The SMILES string of the molecule is [CH-]=O.[CH-]=O.[CH-]=O.[NH-][C@@H](Cc1c[nH]c2ccccc12)C(=O)O.[NH3+][C@@H](Cc1c[nH]c2ccccc12)C(=O)O.[Re].